The number of nitrogens with zero attached hydrogens (tertiary/aromatic N) is 4. The number of nitrogens with two attached hydrogens (primary N) is 1. The minimum atomic E-state index is 0.511. The predicted octanol–water partition coefficient (Wildman–Crippen LogP) is 1.60. The van der Waals surface area contributed by atoms with E-state index in [0.29, 0.717) is 18.3 Å². The SMILES string of the molecule is CCCc1c(NN)ncnc1N(CCC#N)C1CC1. The summed E-state index contributed by atoms with van der Waals surface area (Å²) in [6, 6.07) is 2.72. The van der Waals surface area contributed by atoms with Crippen molar-refractivity contribution in [2.45, 2.75) is 45.1 Å². The minimum absolute atomic E-state index is 0.511. The first-order chi connectivity index (χ1) is 9.31. The zero-order valence-corrected chi connectivity index (χ0v) is 11.3. The van der Waals surface area contributed by atoms with Gasteiger partial charge in [0.15, 0.2) is 0 Å². The maximum Gasteiger partial charge on any atom is 0.148 e. The summed E-state index contributed by atoms with van der Waals surface area (Å²) >= 11 is 0. The molecule has 102 valence electrons. The number of rotatable bonds is 7. The number of aromatic nitrogens is 2. The van der Waals surface area contributed by atoms with Gasteiger partial charge in [-0.25, -0.2) is 15.8 Å². The second-order valence-electron chi connectivity index (χ2n) is 4.75. The number of anilines is 2. The van der Waals surface area contributed by atoms with Gasteiger partial charge in [0.25, 0.3) is 0 Å². The van der Waals surface area contributed by atoms with E-state index in [1.165, 1.54) is 19.2 Å². The summed E-state index contributed by atoms with van der Waals surface area (Å²) in [7, 11) is 0. The number of hydrogen-bond acceptors (Lipinski definition) is 6. The third-order valence-electron chi connectivity index (χ3n) is 3.28. The van der Waals surface area contributed by atoms with Gasteiger partial charge in [-0.15, -0.1) is 0 Å². The van der Waals surface area contributed by atoms with Gasteiger partial charge in [-0.2, -0.15) is 5.26 Å². The Hall–Kier alpha value is -1.87. The molecule has 0 aliphatic heterocycles. The first kappa shape index (κ1) is 13.6. The molecular formula is C13H20N6. The molecule has 1 aromatic heterocycles. The van der Waals surface area contributed by atoms with Crippen molar-refractivity contribution < 1.29 is 0 Å². The van der Waals surface area contributed by atoms with E-state index in [4.69, 9.17) is 11.1 Å². The van der Waals surface area contributed by atoms with Crippen LogP contribution >= 0.6 is 0 Å². The average molecular weight is 260 g/mol. The Balaban J connectivity index is 2.32. The Morgan fingerprint density at radius 3 is 2.89 bits per heavy atom. The lowest BCUT2D eigenvalue weighted by Gasteiger charge is -2.25. The van der Waals surface area contributed by atoms with Crippen LogP contribution in [0.2, 0.25) is 0 Å². The van der Waals surface area contributed by atoms with Crippen LogP contribution in [0.1, 0.15) is 38.2 Å². The first-order valence-corrected chi connectivity index (χ1v) is 6.75. The molecule has 1 saturated carbocycles. The Labute approximate surface area is 113 Å². The van der Waals surface area contributed by atoms with Crippen LogP contribution in [0.4, 0.5) is 11.6 Å². The molecule has 0 spiro atoms. The molecule has 0 amide bonds. The van der Waals surface area contributed by atoms with Gasteiger partial charge in [0.1, 0.15) is 18.0 Å². The Morgan fingerprint density at radius 1 is 1.53 bits per heavy atom. The molecule has 0 unspecified atom stereocenters. The summed E-state index contributed by atoms with van der Waals surface area (Å²) in [5.74, 6) is 7.15. The highest BCUT2D eigenvalue weighted by Crippen LogP contribution is 2.34. The van der Waals surface area contributed by atoms with E-state index in [0.717, 1.165) is 30.8 Å². The maximum atomic E-state index is 8.80. The summed E-state index contributed by atoms with van der Waals surface area (Å²) in [5, 5.41) is 8.80. The number of nitrogen functional groups attached to an aromatic ring is 1. The highest BCUT2D eigenvalue weighted by atomic mass is 15.3. The summed E-state index contributed by atoms with van der Waals surface area (Å²) < 4.78 is 0. The quantitative estimate of drug-likeness (QED) is 0.571. The van der Waals surface area contributed by atoms with Gasteiger partial charge in [0.2, 0.25) is 0 Å². The van der Waals surface area contributed by atoms with Crippen molar-refractivity contribution in [3.63, 3.8) is 0 Å². The fraction of sp³-hybridized carbons (Fsp3) is 0.615. The Morgan fingerprint density at radius 2 is 2.32 bits per heavy atom. The fourth-order valence-electron chi connectivity index (χ4n) is 2.27. The molecular weight excluding hydrogens is 240 g/mol. The Bertz CT molecular complexity index is 463. The third-order valence-corrected chi connectivity index (χ3v) is 3.28. The van der Waals surface area contributed by atoms with Gasteiger partial charge in [-0.1, -0.05) is 13.3 Å². The fourth-order valence-corrected chi connectivity index (χ4v) is 2.27. The topological polar surface area (TPSA) is 90.9 Å². The molecule has 0 saturated heterocycles. The number of hydrazine groups is 1. The van der Waals surface area contributed by atoms with E-state index in [2.05, 4.69) is 33.3 Å². The predicted molar refractivity (Wildman–Crippen MR) is 74.4 cm³/mol. The second kappa shape index (κ2) is 6.34. The molecule has 19 heavy (non-hydrogen) atoms. The van der Waals surface area contributed by atoms with E-state index in [1.54, 1.807) is 0 Å². The van der Waals surface area contributed by atoms with Gasteiger partial charge in [0.05, 0.1) is 12.5 Å². The van der Waals surface area contributed by atoms with E-state index in [1.807, 2.05) is 0 Å². The van der Waals surface area contributed by atoms with Crippen LogP contribution in [0.15, 0.2) is 6.33 Å². The van der Waals surface area contributed by atoms with Crippen molar-refractivity contribution in [3.05, 3.63) is 11.9 Å². The summed E-state index contributed by atoms with van der Waals surface area (Å²) in [4.78, 5) is 10.8. The van der Waals surface area contributed by atoms with Crippen LogP contribution in [-0.2, 0) is 6.42 Å². The number of nitrogens with one attached hydrogen (secondary N) is 1. The summed E-state index contributed by atoms with van der Waals surface area (Å²) in [6.07, 6.45) is 6.28. The van der Waals surface area contributed by atoms with Crippen molar-refractivity contribution in [1.82, 2.24) is 9.97 Å². The van der Waals surface area contributed by atoms with Crippen LogP contribution in [0.3, 0.4) is 0 Å². The molecule has 6 heteroatoms. The molecule has 1 aliphatic carbocycles. The van der Waals surface area contributed by atoms with Crippen LogP contribution < -0.4 is 16.2 Å². The van der Waals surface area contributed by atoms with Crippen molar-refractivity contribution in [2.24, 2.45) is 5.84 Å². The van der Waals surface area contributed by atoms with Crippen molar-refractivity contribution in [3.8, 4) is 6.07 Å². The van der Waals surface area contributed by atoms with Gasteiger partial charge in [-0.05, 0) is 19.3 Å². The number of nitriles is 1. The van der Waals surface area contributed by atoms with Crippen molar-refractivity contribution in [1.29, 1.82) is 5.26 Å². The molecule has 0 bridgehead atoms. The Kier molecular flexibility index (Phi) is 4.53. The first-order valence-electron chi connectivity index (χ1n) is 6.75. The van der Waals surface area contributed by atoms with Gasteiger partial charge in [-0.3, -0.25) is 0 Å². The second-order valence-corrected chi connectivity index (χ2v) is 4.75. The highest BCUT2D eigenvalue weighted by molar-refractivity contribution is 5.59. The van der Waals surface area contributed by atoms with Gasteiger partial charge < -0.3 is 10.3 Å². The molecule has 1 aromatic rings. The summed E-state index contributed by atoms with van der Waals surface area (Å²) in [5.41, 5.74) is 3.70. The minimum Gasteiger partial charge on any atom is -0.352 e. The smallest absolute Gasteiger partial charge is 0.148 e. The molecule has 0 atom stereocenters. The van der Waals surface area contributed by atoms with Crippen molar-refractivity contribution >= 4 is 11.6 Å². The average Bonchev–Trinajstić information content (AvgIpc) is 3.25. The lowest BCUT2D eigenvalue weighted by molar-refractivity contribution is 0.760. The van der Waals surface area contributed by atoms with E-state index in [9.17, 15) is 0 Å². The molecule has 2 rings (SSSR count). The largest absolute Gasteiger partial charge is 0.352 e. The summed E-state index contributed by atoms with van der Waals surface area (Å²) in [6.45, 7) is 2.84. The van der Waals surface area contributed by atoms with E-state index < -0.39 is 0 Å². The zero-order valence-electron chi connectivity index (χ0n) is 11.3. The third kappa shape index (κ3) is 3.12. The molecule has 1 heterocycles. The lowest BCUT2D eigenvalue weighted by atomic mass is 10.1. The van der Waals surface area contributed by atoms with Gasteiger partial charge in [0, 0.05) is 18.2 Å². The van der Waals surface area contributed by atoms with E-state index in [-0.39, 0.29) is 0 Å². The molecule has 1 fully saturated rings. The maximum absolute atomic E-state index is 8.80. The molecule has 3 N–H and O–H groups in total. The van der Waals surface area contributed by atoms with Crippen LogP contribution in [0.5, 0.6) is 0 Å². The van der Waals surface area contributed by atoms with Crippen LogP contribution in [-0.4, -0.2) is 22.6 Å². The highest BCUT2D eigenvalue weighted by Gasteiger charge is 2.31. The monoisotopic (exact) mass is 260 g/mol. The lowest BCUT2D eigenvalue weighted by Crippen LogP contribution is -2.29. The standard InChI is InChI=1S/C13H20N6/c1-2-4-11-12(18-15)16-9-17-13(11)19(8-3-7-14)10-5-6-10/h9-10H,2-6,8,15H2,1H3,(H,16,17,18). The van der Waals surface area contributed by atoms with Crippen LogP contribution in [0.25, 0.3) is 0 Å². The van der Waals surface area contributed by atoms with E-state index >= 15 is 0 Å². The molecule has 0 radical (unpaired) electrons. The molecule has 0 aromatic carbocycles. The van der Waals surface area contributed by atoms with Crippen molar-refractivity contribution in [2.75, 3.05) is 16.9 Å². The molecule has 1 aliphatic rings. The van der Waals surface area contributed by atoms with Crippen LogP contribution in [0, 0.1) is 11.3 Å². The number of hydrogen-bond donors (Lipinski definition) is 2. The molecule has 6 nitrogen and oxygen atoms in total. The normalized spacial score (nSPS) is 13.9. The zero-order chi connectivity index (χ0) is 13.7. The van der Waals surface area contributed by atoms with Gasteiger partial charge >= 0.3 is 0 Å².